The summed E-state index contributed by atoms with van der Waals surface area (Å²) in [5.74, 6) is -1.41. The zero-order valence-corrected chi connectivity index (χ0v) is 24.4. The minimum atomic E-state index is -1.92. The first kappa shape index (κ1) is 29.9. The fourth-order valence-electron chi connectivity index (χ4n) is 5.95. The maximum Gasteiger partial charge on any atom is 0.264 e. The van der Waals surface area contributed by atoms with Crippen LogP contribution in [0.15, 0.2) is 97.6 Å². The highest BCUT2D eigenvalue weighted by Gasteiger charge is 2.52. The van der Waals surface area contributed by atoms with Gasteiger partial charge in [0, 0.05) is 49.6 Å². The molecule has 0 fully saturated rings. The number of fused-ring (bicyclic) bond motifs is 2. The molecule has 8 heteroatoms. The monoisotopic (exact) mass is 579 g/mol. The number of hydrogen-bond donors (Lipinski definition) is 2. The van der Waals surface area contributed by atoms with Gasteiger partial charge >= 0.3 is 0 Å². The van der Waals surface area contributed by atoms with Gasteiger partial charge in [-0.25, -0.2) is 0 Å². The van der Waals surface area contributed by atoms with Crippen molar-refractivity contribution >= 4 is 34.8 Å². The maximum atomic E-state index is 13.8. The van der Waals surface area contributed by atoms with Gasteiger partial charge in [-0.05, 0) is 41.8 Å². The lowest BCUT2D eigenvalue weighted by Crippen LogP contribution is -2.44. The molecule has 3 amide bonds. The quantitative estimate of drug-likeness (QED) is 0.323. The molecule has 0 bridgehead atoms. The minimum absolute atomic E-state index is 0.0454. The van der Waals surface area contributed by atoms with Crippen LogP contribution in [0.2, 0.25) is 0 Å². The third kappa shape index (κ3) is 5.76. The molecular weight excluding hydrogens is 542 g/mol. The first-order valence-corrected chi connectivity index (χ1v) is 14.6. The lowest BCUT2D eigenvalue weighted by Gasteiger charge is -2.31. The topological polar surface area (TPSA) is 101 Å². The van der Waals surface area contributed by atoms with Crippen molar-refractivity contribution in [3.05, 3.63) is 114 Å². The molecule has 0 spiro atoms. The number of aliphatic hydroxyl groups is 2. The Morgan fingerprint density at radius 1 is 1.05 bits per heavy atom. The summed E-state index contributed by atoms with van der Waals surface area (Å²) in [4.78, 5) is 44.7. The molecule has 3 aromatic carbocycles. The Morgan fingerprint density at radius 3 is 2.53 bits per heavy atom. The number of carbonyl (C=O) groups excluding carboxylic acids is 3. The number of anilines is 3. The fourth-order valence-corrected chi connectivity index (χ4v) is 5.95. The molecule has 5 rings (SSSR count). The van der Waals surface area contributed by atoms with Crippen LogP contribution in [-0.4, -0.2) is 52.5 Å². The van der Waals surface area contributed by atoms with Crippen molar-refractivity contribution in [3.8, 4) is 0 Å². The van der Waals surface area contributed by atoms with Crippen LogP contribution >= 0.6 is 0 Å². The van der Waals surface area contributed by atoms with Gasteiger partial charge in [0.25, 0.3) is 5.91 Å². The van der Waals surface area contributed by atoms with Gasteiger partial charge in [-0.15, -0.1) is 6.58 Å². The number of carbonyl (C=O) groups is 3. The summed E-state index contributed by atoms with van der Waals surface area (Å²) in [6.45, 7) is 6.14. The highest BCUT2D eigenvalue weighted by atomic mass is 16.3. The largest absolute Gasteiger partial charge is 0.395 e. The van der Waals surface area contributed by atoms with Gasteiger partial charge in [-0.2, -0.15) is 0 Å². The molecule has 2 aliphatic rings. The van der Waals surface area contributed by atoms with E-state index in [-0.39, 0.29) is 37.9 Å². The molecule has 8 nitrogen and oxygen atoms in total. The average Bonchev–Trinajstić information content (AvgIpc) is 3.23. The van der Waals surface area contributed by atoms with E-state index in [1.54, 1.807) is 53.2 Å². The van der Waals surface area contributed by atoms with Crippen LogP contribution in [0.3, 0.4) is 0 Å². The van der Waals surface area contributed by atoms with Crippen molar-refractivity contribution in [2.45, 2.75) is 38.3 Å². The number of rotatable bonds is 11. The molecule has 2 aliphatic heterocycles. The highest BCUT2D eigenvalue weighted by molar-refractivity contribution is 6.09. The van der Waals surface area contributed by atoms with E-state index in [2.05, 4.69) is 6.58 Å². The van der Waals surface area contributed by atoms with Crippen LogP contribution < -0.4 is 9.80 Å². The number of nitrogens with zero attached hydrogens (tertiary/aromatic N) is 3. The van der Waals surface area contributed by atoms with Crippen LogP contribution in [0.4, 0.5) is 17.1 Å². The summed E-state index contributed by atoms with van der Waals surface area (Å²) in [7, 11) is 0. The molecule has 0 saturated heterocycles. The van der Waals surface area contributed by atoms with Gasteiger partial charge in [-0.3, -0.25) is 19.3 Å². The van der Waals surface area contributed by atoms with E-state index in [1.807, 2.05) is 54.6 Å². The SMILES string of the molecule is C=CCN1C(=O)[C@](O)([C@H](C)/C=C/CC(=O)N(CCO)Cc2ccccc2)c2cc(N3C(=O)CCc4ccccc43)ccc21. The lowest BCUT2D eigenvalue weighted by atomic mass is 9.82. The normalized spacial score (nSPS) is 18.5. The average molecular weight is 580 g/mol. The maximum absolute atomic E-state index is 13.8. The van der Waals surface area contributed by atoms with Gasteiger partial charge in [-0.1, -0.05) is 73.7 Å². The summed E-state index contributed by atoms with van der Waals surface area (Å²) in [6, 6.07) is 22.6. The smallest absolute Gasteiger partial charge is 0.264 e. The van der Waals surface area contributed by atoms with Crippen molar-refractivity contribution in [1.82, 2.24) is 4.90 Å². The lowest BCUT2D eigenvalue weighted by molar-refractivity contribution is -0.139. The summed E-state index contributed by atoms with van der Waals surface area (Å²) >= 11 is 0. The van der Waals surface area contributed by atoms with Gasteiger partial charge in [0.05, 0.1) is 18.0 Å². The molecule has 2 atom stereocenters. The van der Waals surface area contributed by atoms with Crippen LogP contribution in [0.25, 0.3) is 0 Å². The number of aliphatic hydroxyl groups excluding tert-OH is 1. The van der Waals surface area contributed by atoms with Crippen molar-refractivity contribution in [2.24, 2.45) is 5.92 Å². The van der Waals surface area contributed by atoms with Crippen molar-refractivity contribution in [1.29, 1.82) is 0 Å². The van der Waals surface area contributed by atoms with E-state index >= 15 is 0 Å². The Morgan fingerprint density at radius 2 is 1.79 bits per heavy atom. The number of amides is 3. The predicted octanol–water partition coefficient (Wildman–Crippen LogP) is 4.62. The first-order valence-electron chi connectivity index (χ1n) is 14.6. The van der Waals surface area contributed by atoms with Gasteiger partial charge in [0.2, 0.25) is 11.8 Å². The Bertz CT molecular complexity index is 1550. The van der Waals surface area contributed by atoms with Gasteiger partial charge in [0.1, 0.15) is 0 Å². The Kier molecular flexibility index (Phi) is 8.89. The van der Waals surface area contributed by atoms with E-state index < -0.39 is 17.4 Å². The number of aryl methyl sites for hydroxylation is 1. The Hall–Kier alpha value is -4.53. The Balaban J connectivity index is 1.42. The van der Waals surface area contributed by atoms with Crippen molar-refractivity contribution < 1.29 is 24.6 Å². The van der Waals surface area contributed by atoms with Crippen LogP contribution in [0.1, 0.15) is 36.5 Å². The molecule has 222 valence electrons. The second-order valence-electron chi connectivity index (χ2n) is 11.0. The van der Waals surface area contributed by atoms with Crippen LogP contribution in [0.5, 0.6) is 0 Å². The second kappa shape index (κ2) is 12.8. The second-order valence-corrected chi connectivity index (χ2v) is 11.0. The molecular formula is C35H37N3O5. The summed E-state index contributed by atoms with van der Waals surface area (Å²) in [5, 5.41) is 21.6. The molecule has 0 saturated carbocycles. The highest BCUT2D eigenvalue weighted by Crippen LogP contribution is 2.47. The third-order valence-corrected chi connectivity index (χ3v) is 8.23. The molecule has 0 aromatic heterocycles. The van der Waals surface area contributed by atoms with E-state index in [0.717, 1.165) is 16.8 Å². The number of benzene rings is 3. The zero-order valence-electron chi connectivity index (χ0n) is 24.4. The third-order valence-electron chi connectivity index (χ3n) is 8.23. The predicted molar refractivity (Wildman–Crippen MR) is 167 cm³/mol. The van der Waals surface area contributed by atoms with E-state index in [4.69, 9.17) is 0 Å². The number of hydrogen-bond acceptors (Lipinski definition) is 5. The van der Waals surface area contributed by atoms with Gasteiger partial charge in [0.15, 0.2) is 5.60 Å². The number of para-hydroxylation sites is 1. The molecule has 0 unspecified atom stereocenters. The minimum Gasteiger partial charge on any atom is -0.395 e. The first-order chi connectivity index (χ1) is 20.8. The van der Waals surface area contributed by atoms with E-state index in [0.29, 0.717) is 36.3 Å². The van der Waals surface area contributed by atoms with Crippen molar-refractivity contribution in [2.75, 3.05) is 29.5 Å². The summed E-state index contributed by atoms with van der Waals surface area (Å²) in [6.07, 6.45) is 6.03. The summed E-state index contributed by atoms with van der Waals surface area (Å²) < 4.78 is 0. The van der Waals surface area contributed by atoms with Gasteiger partial charge < -0.3 is 20.0 Å². The zero-order chi connectivity index (χ0) is 30.6. The van der Waals surface area contributed by atoms with E-state index in [1.165, 1.54) is 4.90 Å². The van der Waals surface area contributed by atoms with E-state index in [9.17, 15) is 24.6 Å². The Labute approximate surface area is 252 Å². The molecule has 2 N–H and O–H groups in total. The van der Waals surface area contributed by atoms with Crippen LogP contribution in [-0.2, 0) is 33.0 Å². The van der Waals surface area contributed by atoms with Crippen molar-refractivity contribution in [3.63, 3.8) is 0 Å². The molecule has 3 aromatic rings. The van der Waals surface area contributed by atoms with Crippen LogP contribution in [0, 0.1) is 5.92 Å². The summed E-state index contributed by atoms with van der Waals surface area (Å²) in [5.41, 5.74) is 2.44. The molecule has 43 heavy (non-hydrogen) atoms. The molecule has 0 radical (unpaired) electrons. The molecule has 0 aliphatic carbocycles. The molecule has 2 heterocycles. The standard InChI is InChI=1S/C35H37N3O5/c1-3-20-37-31-18-17-28(38-30-14-8-7-13-27(30)16-19-33(38)41)23-29(31)35(43,34(37)42)25(2)10-9-15-32(40)36(21-22-39)24-26-11-5-4-6-12-26/h3-14,17-18,23,25,39,43H,1,15-16,19-22,24H2,2H3/b10-9+/t25-,35+/m1/s1. The fraction of sp³-hybridized carbons (Fsp3) is 0.286.